The first kappa shape index (κ1) is 27.1. The Morgan fingerprint density at radius 3 is 1.98 bits per heavy atom. The molecule has 2 heterocycles. The predicted octanol–water partition coefficient (Wildman–Crippen LogP) is 11.5. The maximum absolute atomic E-state index is 5.38. The fourth-order valence-electron chi connectivity index (χ4n) is 8.02. The van der Waals surface area contributed by atoms with Gasteiger partial charge in [-0.1, -0.05) is 141 Å². The van der Waals surface area contributed by atoms with E-state index in [4.69, 9.17) is 9.97 Å². The number of rotatable bonds is 3. The quantitative estimate of drug-likeness (QED) is 0.198. The average Bonchev–Trinajstić information content (AvgIpc) is 3.58. The molecule has 0 radical (unpaired) electrons. The van der Waals surface area contributed by atoms with Gasteiger partial charge in [0.2, 0.25) is 5.95 Å². The summed E-state index contributed by atoms with van der Waals surface area (Å²) in [6, 6.07) is 54.5. The number of hydrogen-bond acceptors (Lipinski definition) is 2. The molecule has 226 valence electrons. The Bertz CT molecular complexity index is 2730. The van der Waals surface area contributed by atoms with Crippen molar-refractivity contribution >= 4 is 43.5 Å². The summed E-state index contributed by atoms with van der Waals surface area (Å²) in [4.78, 5) is 10.6. The number of nitrogens with zero attached hydrogens (tertiary/aromatic N) is 3. The van der Waals surface area contributed by atoms with Crippen LogP contribution in [0.3, 0.4) is 0 Å². The molecule has 0 bridgehead atoms. The Balaban J connectivity index is 1.23. The molecule has 10 rings (SSSR count). The minimum Gasteiger partial charge on any atom is -0.278 e. The highest BCUT2D eigenvalue weighted by molar-refractivity contribution is 6.13. The van der Waals surface area contributed by atoms with E-state index in [2.05, 4.69) is 170 Å². The molecule has 7 aromatic carbocycles. The van der Waals surface area contributed by atoms with E-state index in [1.54, 1.807) is 0 Å². The lowest BCUT2D eigenvalue weighted by atomic mass is 9.82. The maximum atomic E-state index is 5.38. The van der Waals surface area contributed by atoms with Gasteiger partial charge in [0.25, 0.3) is 0 Å². The second kappa shape index (κ2) is 9.97. The molecule has 0 N–H and O–H groups in total. The van der Waals surface area contributed by atoms with Crippen LogP contribution in [-0.4, -0.2) is 14.5 Å². The molecule has 0 spiro atoms. The molecule has 0 saturated carbocycles. The molecule has 2 aromatic heterocycles. The number of benzene rings is 7. The second-order valence-corrected chi connectivity index (χ2v) is 13.4. The molecular weight excluding hydrogens is 583 g/mol. The normalized spacial score (nSPS) is 13.4. The van der Waals surface area contributed by atoms with Gasteiger partial charge in [-0.3, -0.25) is 4.57 Å². The van der Waals surface area contributed by atoms with E-state index in [0.29, 0.717) is 5.95 Å². The van der Waals surface area contributed by atoms with Crippen LogP contribution >= 0.6 is 0 Å². The Hall–Kier alpha value is -6.06. The fourth-order valence-corrected chi connectivity index (χ4v) is 8.02. The van der Waals surface area contributed by atoms with Gasteiger partial charge in [-0.2, -0.15) is 0 Å². The summed E-state index contributed by atoms with van der Waals surface area (Å²) in [5.74, 6) is 0.681. The molecule has 0 atom stereocenters. The van der Waals surface area contributed by atoms with Crippen molar-refractivity contribution in [3.8, 4) is 39.5 Å². The van der Waals surface area contributed by atoms with Crippen molar-refractivity contribution in [3.63, 3.8) is 0 Å². The van der Waals surface area contributed by atoms with Crippen LogP contribution in [0.2, 0.25) is 0 Å². The lowest BCUT2D eigenvalue weighted by Crippen LogP contribution is -2.15. The second-order valence-electron chi connectivity index (χ2n) is 13.4. The van der Waals surface area contributed by atoms with Crippen molar-refractivity contribution < 1.29 is 0 Å². The van der Waals surface area contributed by atoms with Crippen LogP contribution in [0.25, 0.3) is 82.9 Å². The van der Waals surface area contributed by atoms with Crippen LogP contribution in [0.15, 0.2) is 152 Å². The van der Waals surface area contributed by atoms with Gasteiger partial charge in [0.15, 0.2) is 0 Å². The number of para-hydroxylation sites is 2. The van der Waals surface area contributed by atoms with Gasteiger partial charge in [-0.15, -0.1) is 0 Å². The number of aromatic nitrogens is 3. The molecule has 0 amide bonds. The monoisotopic (exact) mass is 613 g/mol. The van der Waals surface area contributed by atoms with Crippen LogP contribution in [0.4, 0.5) is 0 Å². The molecule has 1 aliphatic rings. The molecule has 3 heteroatoms. The zero-order chi connectivity index (χ0) is 32.0. The minimum absolute atomic E-state index is 0.153. The van der Waals surface area contributed by atoms with Gasteiger partial charge < -0.3 is 0 Å². The van der Waals surface area contributed by atoms with E-state index in [0.717, 1.165) is 33.2 Å². The third-order valence-electron chi connectivity index (χ3n) is 10.4. The zero-order valence-electron chi connectivity index (χ0n) is 26.8. The van der Waals surface area contributed by atoms with Crippen LogP contribution in [-0.2, 0) is 5.41 Å². The van der Waals surface area contributed by atoms with E-state index < -0.39 is 0 Å². The van der Waals surface area contributed by atoms with Gasteiger partial charge in [0.05, 0.1) is 22.2 Å². The Morgan fingerprint density at radius 2 is 1.15 bits per heavy atom. The molecule has 48 heavy (non-hydrogen) atoms. The van der Waals surface area contributed by atoms with Crippen LogP contribution < -0.4 is 0 Å². The van der Waals surface area contributed by atoms with Crippen LogP contribution in [0.5, 0.6) is 0 Å². The van der Waals surface area contributed by atoms with E-state index in [9.17, 15) is 0 Å². The standard InChI is InChI=1S/C45H31N3/c1-45(2)37-25-24-30-14-6-7-15-32(30)42(37)36-26-35-33-16-9-11-19-40(33)48(41(35)27-38(36)45)44-46-39-18-10-8-17-34(39)43(47-44)31-22-20-29(21-23-31)28-12-4-3-5-13-28/h3-27H,1-2H3. The first-order valence-electron chi connectivity index (χ1n) is 16.6. The lowest BCUT2D eigenvalue weighted by Gasteiger charge is -2.22. The zero-order valence-corrected chi connectivity index (χ0v) is 26.8. The van der Waals surface area contributed by atoms with E-state index in [1.807, 2.05) is 0 Å². The van der Waals surface area contributed by atoms with Gasteiger partial charge in [-0.25, -0.2) is 9.97 Å². The summed E-state index contributed by atoms with van der Waals surface area (Å²) in [6.45, 7) is 4.71. The lowest BCUT2D eigenvalue weighted by molar-refractivity contribution is 0.661. The molecule has 1 aliphatic carbocycles. The Kier molecular flexibility index (Phi) is 5.63. The van der Waals surface area contributed by atoms with Gasteiger partial charge >= 0.3 is 0 Å². The van der Waals surface area contributed by atoms with Crippen molar-refractivity contribution in [2.45, 2.75) is 19.3 Å². The largest absolute Gasteiger partial charge is 0.278 e. The molecule has 0 fully saturated rings. The number of fused-ring (bicyclic) bond motifs is 9. The molecule has 3 nitrogen and oxygen atoms in total. The smallest absolute Gasteiger partial charge is 0.235 e. The molecule has 9 aromatic rings. The third kappa shape index (κ3) is 3.82. The highest BCUT2D eigenvalue weighted by Crippen LogP contribution is 2.53. The average molecular weight is 614 g/mol. The minimum atomic E-state index is -0.153. The van der Waals surface area contributed by atoms with E-state index in [-0.39, 0.29) is 5.41 Å². The SMILES string of the molecule is CC1(C)c2cc3c(cc2-c2c1ccc1ccccc21)c1ccccc1n3-c1nc(-c2ccc(-c3ccccc3)cc2)c2ccccc2n1. The fraction of sp³-hybridized carbons (Fsp3) is 0.0667. The van der Waals surface area contributed by atoms with Crippen molar-refractivity contribution in [2.24, 2.45) is 0 Å². The van der Waals surface area contributed by atoms with Gasteiger partial charge in [-0.05, 0) is 68.4 Å². The third-order valence-corrected chi connectivity index (χ3v) is 10.4. The van der Waals surface area contributed by atoms with E-state index >= 15 is 0 Å². The first-order valence-corrected chi connectivity index (χ1v) is 16.6. The van der Waals surface area contributed by atoms with Gasteiger partial charge in [0.1, 0.15) is 0 Å². The van der Waals surface area contributed by atoms with Crippen molar-refractivity contribution in [3.05, 3.63) is 163 Å². The van der Waals surface area contributed by atoms with Gasteiger partial charge in [0, 0.05) is 27.1 Å². The summed E-state index contributed by atoms with van der Waals surface area (Å²) < 4.78 is 2.27. The summed E-state index contributed by atoms with van der Waals surface area (Å²) >= 11 is 0. The number of hydrogen-bond donors (Lipinski definition) is 0. The highest BCUT2D eigenvalue weighted by Gasteiger charge is 2.37. The van der Waals surface area contributed by atoms with Crippen LogP contribution in [0, 0.1) is 0 Å². The Morgan fingerprint density at radius 1 is 0.479 bits per heavy atom. The first-order chi connectivity index (χ1) is 23.6. The molecule has 0 aliphatic heterocycles. The summed E-state index contributed by atoms with van der Waals surface area (Å²) in [5, 5.41) is 6.04. The molecular formula is C45H31N3. The topological polar surface area (TPSA) is 30.7 Å². The van der Waals surface area contributed by atoms with E-state index in [1.165, 1.54) is 54.9 Å². The summed E-state index contributed by atoms with van der Waals surface area (Å²) in [5.41, 5.74) is 12.8. The van der Waals surface area contributed by atoms with Crippen molar-refractivity contribution in [1.29, 1.82) is 0 Å². The van der Waals surface area contributed by atoms with Crippen molar-refractivity contribution in [1.82, 2.24) is 14.5 Å². The summed E-state index contributed by atoms with van der Waals surface area (Å²) in [7, 11) is 0. The molecule has 0 unspecified atom stereocenters. The highest BCUT2D eigenvalue weighted by atomic mass is 15.2. The maximum Gasteiger partial charge on any atom is 0.235 e. The van der Waals surface area contributed by atoms with Crippen molar-refractivity contribution in [2.75, 3.05) is 0 Å². The predicted molar refractivity (Wildman–Crippen MR) is 200 cm³/mol. The molecule has 0 saturated heterocycles. The Labute approximate surface area is 278 Å². The van der Waals surface area contributed by atoms with Crippen LogP contribution in [0.1, 0.15) is 25.0 Å². The summed E-state index contributed by atoms with van der Waals surface area (Å²) in [6.07, 6.45) is 0.